The van der Waals surface area contributed by atoms with Crippen molar-refractivity contribution in [3.8, 4) is 0 Å². The summed E-state index contributed by atoms with van der Waals surface area (Å²) in [5, 5.41) is 0. The molecule has 5 nitrogen and oxygen atoms in total. The van der Waals surface area contributed by atoms with Crippen molar-refractivity contribution in [3.05, 3.63) is 29.5 Å². The van der Waals surface area contributed by atoms with Crippen LogP contribution in [0.5, 0.6) is 0 Å². The Morgan fingerprint density at radius 1 is 1.36 bits per heavy atom. The molecule has 0 saturated carbocycles. The fourth-order valence-electron chi connectivity index (χ4n) is 2.41. The first-order valence-electron chi connectivity index (χ1n) is 7.40. The van der Waals surface area contributed by atoms with Gasteiger partial charge in [0.15, 0.2) is 0 Å². The Morgan fingerprint density at radius 2 is 2.09 bits per heavy atom. The van der Waals surface area contributed by atoms with Crippen molar-refractivity contribution in [2.24, 2.45) is 5.41 Å². The van der Waals surface area contributed by atoms with Crippen LogP contribution in [0.4, 0.5) is 5.82 Å². The van der Waals surface area contributed by atoms with E-state index in [-0.39, 0.29) is 5.91 Å². The van der Waals surface area contributed by atoms with Gasteiger partial charge in [-0.1, -0.05) is 20.8 Å². The number of hydrogen-bond acceptors (Lipinski definition) is 4. The number of nitrogens with zero attached hydrogens (tertiary/aromatic N) is 2. The number of carbonyl (C=O) groups excluding carboxylic acids is 2. The summed E-state index contributed by atoms with van der Waals surface area (Å²) in [7, 11) is 1.34. The monoisotopic (exact) mass is 302 g/mol. The predicted molar refractivity (Wildman–Crippen MR) is 85.4 cm³/mol. The highest BCUT2D eigenvalue weighted by Crippen LogP contribution is 2.29. The molecule has 2 rings (SSSR count). The summed E-state index contributed by atoms with van der Waals surface area (Å²) in [6.45, 7) is 6.44. The maximum atomic E-state index is 12.5. The van der Waals surface area contributed by atoms with Crippen LogP contribution in [-0.4, -0.2) is 30.5 Å². The Balaban J connectivity index is 2.29. The topological polar surface area (TPSA) is 59.5 Å². The van der Waals surface area contributed by atoms with Crippen molar-refractivity contribution in [3.63, 3.8) is 0 Å². The number of ether oxygens (including phenoxy) is 1. The lowest BCUT2D eigenvalue weighted by Crippen LogP contribution is -2.43. The molecule has 0 bridgehead atoms. The molecule has 0 aromatic carbocycles. The second kappa shape index (κ2) is 6.30. The minimum absolute atomic E-state index is 0.0822. The van der Waals surface area contributed by atoms with Gasteiger partial charge >= 0.3 is 5.97 Å². The molecule has 2 heterocycles. The zero-order chi connectivity index (χ0) is 16.3. The van der Waals surface area contributed by atoms with Crippen LogP contribution in [0, 0.1) is 5.41 Å². The summed E-state index contributed by atoms with van der Waals surface area (Å²) in [6, 6.07) is 1.98. The largest absolute Gasteiger partial charge is 0.466 e. The number of carbonyl (C=O) groups is 2. The number of fused-ring (bicyclic) bond motifs is 1. The minimum Gasteiger partial charge on any atom is -0.466 e. The van der Waals surface area contributed by atoms with Gasteiger partial charge in [0.2, 0.25) is 5.91 Å². The van der Waals surface area contributed by atoms with Crippen LogP contribution in [-0.2, 0) is 20.7 Å². The summed E-state index contributed by atoms with van der Waals surface area (Å²) in [5.74, 6) is 0.419. The number of rotatable bonds is 2. The highest BCUT2D eigenvalue weighted by Gasteiger charge is 2.31. The normalized spacial score (nSPS) is 14.8. The van der Waals surface area contributed by atoms with E-state index in [2.05, 4.69) is 9.72 Å². The average molecular weight is 302 g/mol. The molecule has 0 fully saturated rings. The average Bonchev–Trinajstić information content (AvgIpc) is 2.50. The third-order valence-corrected chi connectivity index (χ3v) is 3.55. The van der Waals surface area contributed by atoms with Crippen molar-refractivity contribution in [2.75, 3.05) is 18.6 Å². The van der Waals surface area contributed by atoms with Gasteiger partial charge in [0.25, 0.3) is 0 Å². The van der Waals surface area contributed by atoms with Gasteiger partial charge in [-0.25, -0.2) is 9.78 Å². The smallest absolute Gasteiger partial charge is 0.330 e. The molecule has 1 aliphatic heterocycles. The summed E-state index contributed by atoms with van der Waals surface area (Å²) in [6.07, 6.45) is 6.51. The number of hydrogen-bond donors (Lipinski definition) is 0. The fraction of sp³-hybridized carbons (Fsp3) is 0.471. The first kappa shape index (κ1) is 16.2. The molecule has 1 amide bonds. The Hall–Kier alpha value is -2.17. The first-order valence-corrected chi connectivity index (χ1v) is 7.40. The highest BCUT2D eigenvalue weighted by molar-refractivity contribution is 5.97. The van der Waals surface area contributed by atoms with Crippen LogP contribution in [0.3, 0.4) is 0 Å². The van der Waals surface area contributed by atoms with Gasteiger partial charge in [0.05, 0.1) is 7.11 Å². The number of anilines is 1. The molecule has 0 N–H and O–H groups in total. The van der Waals surface area contributed by atoms with Crippen LogP contribution in [0.2, 0.25) is 0 Å². The molecule has 0 saturated heterocycles. The van der Waals surface area contributed by atoms with Gasteiger partial charge in [0.1, 0.15) is 5.82 Å². The molecule has 5 heteroatoms. The third kappa shape index (κ3) is 3.53. The maximum absolute atomic E-state index is 12.5. The lowest BCUT2D eigenvalue weighted by molar-refractivity contribution is -0.134. The predicted octanol–water partition coefficient (Wildman–Crippen LogP) is 2.59. The molecular weight excluding hydrogens is 280 g/mol. The van der Waals surface area contributed by atoms with Crippen LogP contribution in [0.25, 0.3) is 6.08 Å². The molecule has 1 aromatic rings. The SMILES string of the molecule is COC(=O)/C=C/c1cnc2c(c1)CCCN2C(=O)C(C)(C)C. The van der Waals surface area contributed by atoms with E-state index in [0.29, 0.717) is 6.54 Å². The highest BCUT2D eigenvalue weighted by atomic mass is 16.5. The van der Waals surface area contributed by atoms with E-state index in [0.717, 1.165) is 29.8 Å². The molecular formula is C17H22N2O3. The van der Waals surface area contributed by atoms with Gasteiger partial charge in [-0.2, -0.15) is 0 Å². The second-order valence-electron chi connectivity index (χ2n) is 6.42. The molecule has 0 aliphatic carbocycles. The van der Waals surface area contributed by atoms with Gasteiger partial charge in [0, 0.05) is 24.2 Å². The standard InChI is InChI=1S/C17H22N2O3/c1-17(2,3)16(21)19-9-5-6-13-10-12(11-18-15(13)19)7-8-14(20)22-4/h7-8,10-11H,5-6,9H2,1-4H3/b8-7+. The Labute approximate surface area is 131 Å². The van der Waals surface area contributed by atoms with Crippen LogP contribution in [0.15, 0.2) is 18.3 Å². The number of pyridine rings is 1. The van der Waals surface area contributed by atoms with Crippen molar-refractivity contribution >= 4 is 23.8 Å². The Kier molecular flexibility index (Phi) is 4.64. The van der Waals surface area contributed by atoms with Crippen molar-refractivity contribution in [1.29, 1.82) is 0 Å². The zero-order valence-electron chi connectivity index (χ0n) is 13.5. The molecule has 1 aliphatic rings. The number of methoxy groups -OCH3 is 1. The number of aryl methyl sites for hydroxylation is 1. The van der Waals surface area contributed by atoms with E-state index >= 15 is 0 Å². The van der Waals surface area contributed by atoms with E-state index in [9.17, 15) is 9.59 Å². The lowest BCUT2D eigenvalue weighted by atomic mass is 9.93. The van der Waals surface area contributed by atoms with Crippen molar-refractivity contribution < 1.29 is 14.3 Å². The molecule has 1 aromatic heterocycles. The molecule has 0 spiro atoms. The van der Waals surface area contributed by atoms with E-state index in [1.54, 1.807) is 17.2 Å². The molecule has 118 valence electrons. The van der Waals surface area contributed by atoms with Crippen molar-refractivity contribution in [1.82, 2.24) is 4.98 Å². The summed E-state index contributed by atoms with van der Waals surface area (Å²) < 4.78 is 4.57. The fourth-order valence-corrected chi connectivity index (χ4v) is 2.41. The second-order valence-corrected chi connectivity index (χ2v) is 6.42. The van der Waals surface area contributed by atoms with Crippen LogP contribution < -0.4 is 4.90 Å². The molecule has 0 unspecified atom stereocenters. The number of esters is 1. The third-order valence-electron chi connectivity index (χ3n) is 3.55. The van der Waals surface area contributed by atoms with E-state index in [4.69, 9.17) is 0 Å². The van der Waals surface area contributed by atoms with Gasteiger partial charge in [-0.3, -0.25) is 9.69 Å². The summed E-state index contributed by atoms with van der Waals surface area (Å²) >= 11 is 0. The van der Waals surface area contributed by atoms with Crippen LogP contribution >= 0.6 is 0 Å². The molecule has 22 heavy (non-hydrogen) atoms. The molecule has 0 radical (unpaired) electrons. The van der Waals surface area contributed by atoms with E-state index in [1.807, 2.05) is 26.8 Å². The van der Waals surface area contributed by atoms with E-state index in [1.165, 1.54) is 13.2 Å². The maximum Gasteiger partial charge on any atom is 0.330 e. The quantitative estimate of drug-likeness (QED) is 0.622. The Morgan fingerprint density at radius 3 is 2.73 bits per heavy atom. The molecule has 0 atom stereocenters. The summed E-state index contributed by atoms with van der Waals surface area (Å²) in [4.78, 5) is 29.9. The van der Waals surface area contributed by atoms with Gasteiger partial charge < -0.3 is 4.74 Å². The van der Waals surface area contributed by atoms with Gasteiger partial charge in [-0.15, -0.1) is 0 Å². The van der Waals surface area contributed by atoms with Gasteiger partial charge in [-0.05, 0) is 36.1 Å². The van der Waals surface area contributed by atoms with Crippen LogP contribution in [0.1, 0.15) is 38.3 Å². The minimum atomic E-state index is -0.431. The summed E-state index contributed by atoms with van der Waals surface area (Å²) in [5.41, 5.74) is 1.44. The number of aromatic nitrogens is 1. The lowest BCUT2D eigenvalue weighted by Gasteiger charge is -2.33. The number of amides is 1. The van der Waals surface area contributed by atoms with E-state index < -0.39 is 11.4 Å². The Bertz CT molecular complexity index is 615. The van der Waals surface area contributed by atoms with Crippen molar-refractivity contribution in [2.45, 2.75) is 33.6 Å². The first-order chi connectivity index (χ1) is 10.3. The zero-order valence-corrected chi connectivity index (χ0v) is 13.5.